The van der Waals surface area contributed by atoms with Gasteiger partial charge in [-0.25, -0.2) is 14.1 Å². The molecule has 1 saturated heterocycles. The molecule has 1 aliphatic rings. The number of rotatable bonds is 4. The quantitative estimate of drug-likeness (QED) is 0.504. The largest absolute Gasteiger partial charge is 0.338 e. The minimum absolute atomic E-state index is 0.126. The maximum absolute atomic E-state index is 13.2. The fourth-order valence-electron chi connectivity index (χ4n) is 4.47. The van der Waals surface area contributed by atoms with Gasteiger partial charge in [0.05, 0.1) is 6.54 Å². The number of nitrogens with one attached hydrogen (secondary N) is 1. The van der Waals surface area contributed by atoms with Crippen LogP contribution in [0.1, 0.15) is 51.6 Å². The highest BCUT2D eigenvalue weighted by molar-refractivity contribution is 5.94. The summed E-state index contributed by atoms with van der Waals surface area (Å²) in [6, 6.07) is 11.8. The van der Waals surface area contributed by atoms with E-state index in [4.69, 9.17) is 4.98 Å². The van der Waals surface area contributed by atoms with Crippen LogP contribution in [-0.4, -0.2) is 48.9 Å². The third kappa shape index (κ3) is 4.21. The standard InChI is InChI=1S/C25H25FN6O2/c1-15-5-6-16(2)19(12-15)14-32-23-21(29-30-32)24(33)28-22(27-23)18-4-3-11-31(13-18)25(34)17-7-9-20(26)10-8-17/h5-10,12,18H,3-4,11,13-14H2,1-2H3,(H,27,28,33)/t18-/m1/s1. The second-order valence-corrected chi connectivity index (χ2v) is 8.90. The predicted octanol–water partition coefficient (Wildman–Crippen LogP) is 3.34. The number of fused-ring (bicyclic) bond motifs is 1. The van der Waals surface area contributed by atoms with Crippen molar-refractivity contribution in [3.8, 4) is 0 Å². The molecule has 174 valence electrons. The fraction of sp³-hybridized carbons (Fsp3) is 0.320. The Morgan fingerprint density at radius 1 is 1.18 bits per heavy atom. The second kappa shape index (κ2) is 8.81. The summed E-state index contributed by atoms with van der Waals surface area (Å²) in [5.74, 6) is -0.137. The molecule has 0 saturated carbocycles. The molecule has 2 aromatic heterocycles. The van der Waals surface area contributed by atoms with Gasteiger partial charge in [-0.05, 0) is 62.1 Å². The van der Waals surface area contributed by atoms with Gasteiger partial charge in [0.2, 0.25) is 0 Å². The monoisotopic (exact) mass is 460 g/mol. The summed E-state index contributed by atoms with van der Waals surface area (Å²) < 4.78 is 14.9. The zero-order chi connectivity index (χ0) is 23.8. The Hall–Kier alpha value is -3.88. The second-order valence-electron chi connectivity index (χ2n) is 8.90. The van der Waals surface area contributed by atoms with Crippen molar-refractivity contribution in [2.75, 3.05) is 13.1 Å². The van der Waals surface area contributed by atoms with E-state index in [1.54, 1.807) is 9.58 Å². The molecule has 1 fully saturated rings. The molecule has 1 amide bonds. The number of piperidine rings is 1. The summed E-state index contributed by atoms with van der Waals surface area (Å²) in [5, 5.41) is 8.24. The van der Waals surface area contributed by atoms with Gasteiger partial charge in [-0.3, -0.25) is 9.59 Å². The Labute approximate surface area is 195 Å². The van der Waals surface area contributed by atoms with E-state index in [0.29, 0.717) is 36.7 Å². The summed E-state index contributed by atoms with van der Waals surface area (Å²) in [4.78, 5) is 35.0. The van der Waals surface area contributed by atoms with Crippen molar-refractivity contribution in [1.82, 2.24) is 29.9 Å². The molecule has 5 rings (SSSR count). The average Bonchev–Trinajstić information content (AvgIpc) is 3.25. The van der Waals surface area contributed by atoms with Crippen LogP contribution in [0.15, 0.2) is 47.3 Å². The highest BCUT2D eigenvalue weighted by atomic mass is 19.1. The Bertz CT molecular complexity index is 1430. The number of aromatic amines is 1. The van der Waals surface area contributed by atoms with Crippen molar-refractivity contribution in [1.29, 1.82) is 0 Å². The van der Waals surface area contributed by atoms with Crippen LogP contribution in [0.4, 0.5) is 4.39 Å². The molecule has 0 aliphatic carbocycles. The topological polar surface area (TPSA) is 96.8 Å². The molecule has 8 nitrogen and oxygen atoms in total. The maximum Gasteiger partial charge on any atom is 0.281 e. The number of hydrogen-bond acceptors (Lipinski definition) is 5. The third-order valence-electron chi connectivity index (χ3n) is 6.40. The molecule has 1 atom stereocenters. The van der Waals surface area contributed by atoms with Crippen molar-refractivity contribution in [3.05, 3.63) is 86.7 Å². The zero-order valence-corrected chi connectivity index (χ0v) is 19.1. The summed E-state index contributed by atoms with van der Waals surface area (Å²) in [7, 11) is 0. The van der Waals surface area contributed by atoms with E-state index in [2.05, 4.69) is 33.5 Å². The summed E-state index contributed by atoms with van der Waals surface area (Å²) in [6.45, 7) is 5.55. The smallest absolute Gasteiger partial charge is 0.281 e. The van der Waals surface area contributed by atoms with Crippen molar-refractivity contribution in [3.63, 3.8) is 0 Å². The highest BCUT2D eigenvalue weighted by Gasteiger charge is 2.28. The molecular weight excluding hydrogens is 435 g/mol. The lowest BCUT2D eigenvalue weighted by Crippen LogP contribution is -2.40. The first-order valence-electron chi connectivity index (χ1n) is 11.3. The van der Waals surface area contributed by atoms with Gasteiger partial charge in [0.25, 0.3) is 11.5 Å². The number of carbonyl (C=O) groups is 1. The number of halogens is 1. The number of nitrogens with zero attached hydrogens (tertiary/aromatic N) is 5. The molecule has 2 aromatic carbocycles. The zero-order valence-electron chi connectivity index (χ0n) is 19.1. The van der Waals surface area contributed by atoms with Crippen LogP contribution < -0.4 is 5.56 Å². The number of likely N-dealkylation sites (tertiary alicyclic amines) is 1. The van der Waals surface area contributed by atoms with Gasteiger partial charge in [0.1, 0.15) is 11.6 Å². The van der Waals surface area contributed by atoms with E-state index in [1.165, 1.54) is 24.3 Å². The van der Waals surface area contributed by atoms with Gasteiger partial charge in [0.15, 0.2) is 11.2 Å². The van der Waals surface area contributed by atoms with Crippen LogP contribution in [0, 0.1) is 19.7 Å². The molecule has 3 heterocycles. The van der Waals surface area contributed by atoms with Gasteiger partial charge in [-0.1, -0.05) is 29.0 Å². The molecule has 9 heteroatoms. The number of H-pyrrole nitrogens is 1. The minimum atomic E-state index is -0.380. The third-order valence-corrected chi connectivity index (χ3v) is 6.40. The summed E-state index contributed by atoms with van der Waals surface area (Å²) >= 11 is 0. The first kappa shape index (κ1) is 21.9. The number of hydrogen-bond donors (Lipinski definition) is 1. The van der Waals surface area contributed by atoms with Gasteiger partial charge < -0.3 is 9.88 Å². The van der Waals surface area contributed by atoms with Gasteiger partial charge in [-0.2, -0.15) is 0 Å². The Balaban J connectivity index is 1.43. The van der Waals surface area contributed by atoms with Crippen molar-refractivity contribution >= 4 is 17.1 Å². The van der Waals surface area contributed by atoms with Crippen LogP contribution >= 0.6 is 0 Å². The van der Waals surface area contributed by atoms with Crippen molar-refractivity contribution < 1.29 is 9.18 Å². The average molecular weight is 461 g/mol. The number of amides is 1. The van der Waals surface area contributed by atoms with Crippen molar-refractivity contribution in [2.24, 2.45) is 0 Å². The minimum Gasteiger partial charge on any atom is -0.338 e. The van der Waals surface area contributed by atoms with Crippen molar-refractivity contribution in [2.45, 2.75) is 39.2 Å². The molecule has 34 heavy (non-hydrogen) atoms. The number of carbonyl (C=O) groups excluding carboxylic acids is 1. The number of aromatic nitrogens is 5. The number of aryl methyl sites for hydroxylation is 2. The van der Waals surface area contributed by atoms with Crippen LogP contribution in [-0.2, 0) is 6.54 Å². The van der Waals surface area contributed by atoms with Gasteiger partial charge >= 0.3 is 0 Å². The first-order chi connectivity index (χ1) is 16.4. The van der Waals surface area contributed by atoms with E-state index >= 15 is 0 Å². The Kier molecular flexibility index (Phi) is 5.69. The van der Waals surface area contributed by atoms with E-state index in [1.807, 2.05) is 13.8 Å². The van der Waals surface area contributed by atoms with E-state index < -0.39 is 0 Å². The van der Waals surface area contributed by atoms with Crippen LogP contribution in [0.5, 0.6) is 0 Å². The number of benzene rings is 2. The lowest BCUT2D eigenvalue weighted by Gasteiger charge is -2.32. The van der Waals surface area contributed by atoms with E-state index in [9.17, 15) is 14.0 Å². The van der Waals surface area contributed by atoms with Crippen LogP contribution in [0.2, 0.25) is 0 Å². The molecule has 0 bridgehead atoms. The Morgan fingerprint density at radius 3 is 2.76 bits per heavy atom. The molecule has 0 radical (unpaired) electrons. The lowest BCUT2D eigenvalue weighted by atomic mass is 9.96. The lowest BCUT2D eigenvalue weighted by molar-refractivity contribution is 0.0704. The fourth-order valence-corrected chi connectivity index (χ4v) is 4.47. The van der Waals surface area contributed by atoms with Gasteiger partial charge in [0, 0.05) is 24.6 Å². The molecule has 4 aromatic rings. The Morgan fingerprint density at radius 2 is 1.97 bits per heavy atom. The molecule has 0 unspecified atom stereocenters. The van der Waals surface area contributed by atoms with E-state index in [-0.39, 0.29) is 28.7 Å². The maximum atomic E-state index is 13.2. The summed E-state index contributed by atoms with van der Waals surface area (Å²) in [5.41, 5.74) is 4.09. The molecular formula is C25H25FN6O2. The van der Waals surface area contributed by atoms with Crippen LogP contribution in [0.25, 0.3) is 11.2 Å². The van der Waals surface area contributed by atoms with Crippen LogP contribution in [0.3, 0.4) is 0 Å². The highest BCUT2D eigenvalue weighted by Crippen LogP contribution is 2.26. The SMILES string of the molecule is Cc1ccc(C)c(Cn2nnc3c(=O)[nH]c([C@@H]4CCCN(C(=O)c5ccc(F)cc5)C4)nc32)c1. The molecule has 1 aliphatic heterocycles. The summed E-state index contributed by atoms with van der Waals surface area (Å²) in [6.07, 6.45) is 1.57. The molecule has 1 N–H and O–H groups in total. The molecule has 0 spiro atoms. The first-order valence-corrected chi connectivity index (χ1v) is 11.3. The van der Waals surface area contributed by atoms with Gasteiger partial charge in [-0.15, -0.1) is 5.10 Å². The predicted molar refractivity (Wildman–Crippen MR) is 125 cm³/mol. The van der Waals surface area contributed by atoms with E-state index in [0.717, 1.165) is 29.5 Å². The normalized spacial score (nSPS) is 16.2.